The predicted octanol–water partition coefficient (Wildman–Crippen LogP) is 5.60. The maximum absolute atomic E-state index is 13.1. The van der Waals surface area contributed by atoms with Crippen LogP contribution in [0.15, 0.2) is 94.3 Å². The lowest BCUT2D eigenvalue weighted by Gasteiger charge is -2.18. The van der Waals surface area contributed by atoms with Gasteiger partial charge in [-0.25, -0.2) is 0 Å². The van der Waals surface area contributed by atoms with Crippen LogP contribution >= 0.6 is 11.8 Å². The number of hydrogen-bond donors (Lipinski definition) is 1. The quantitative estimate of drug-likeness (QED) is 0.318. The molecular formula is C28H25N3O4S. The van der Waals surface area contributed by atoms with Crippen LogP contribution in [0.4, 0.5) is 5.69 Å². The fourth-order valence-corrected chi connectivity index (χ4v) is 4.97. The van der Waals surface area contributed by atoms with E-state index in [1.165, 1.54) is 11.8 Å². The van der Waals surface area contributed by atoms with Gasteiger partial charge >= 0.3 is 0 Å². The van der Waals surface area contributed by atoms with Crippen molar-refractivity contribution in [2.75, 3.05) is 11.4 Å². The molecule has 0 aliphatic carbocycles. The van der Waals surface area contributed by atoms with E-state index in [0.29, 0.717) is 23.6 Å². The highest BCUT2D eigenvalue weighted by molar-refractivity contribution is 7.98. The van der Waals surface area contributed by atoms with E-state index in [-0.39, 0.29) is 24.3 Å². The van der Waals surface area contributed by atoms with Crippen molar-refractivity contribution in [2.24, 2.45) is 0 Å². The van der Waals surface area contributed by atoms with Crippen molar-refractivity contribution in [1.82, 2.24) is 10.5 Å². The van der Waals surface area contributed by atoms with Crippen molar-refractivity contribution in [3.8, 4) is 11.5 Å². The molecule has 36 heavy (non-hydrogen) atoms. The molecule has 8 heteroatoms. The van der Waals surface area contributed by atoms with Gasteiger partial charge in [0.15, 0.2) is 0 Å². The minimum Gasteiger partial charge on any atom is -0.457 e. The summed E-state index contributed by atoms with van der Waals surface area (Å²) in [6, 6.07) is 26.0. The van der Waals surface area contributed by atoms with Gasteiger partial charge in [0.25, 0.3) is 5.91 Å². The number of carbonyl (C=O) groups excluding carboxylic acids is 2. The molecule has 5 rings (SSSR count). The minimum atomic E-state index is -0.278. The van der Waals surface area contributed by atoms with Crippen LogP contribution in [0.25, 0.3) is 0 Å². The maximum Gasteiger partial charge on any atom is 0.252 e. The first-order valence-electron chi connectivity index (χ1n) is 11.6. The first kappa shape index (κ1) is 23.7. The van der Waals surface area contributed by atoms with Gasteiger partial charge in [0, 0.05) is 29.6 Å². The van der Waals surface area contributed by atoms with E-state index in [1.807, 2.05) is 85.8 Å². The number of aromatic nitrogens is 1. The number of rotatable bonds is 8. The fraction of sp³-hybridized carbons (Fsp3) is 0.179. The molecule has 3 aromatic carbocycles. The SMILES string of the molecule is Cc1cc(CSc2ccccc2C(=O)NC2CC(=O)N(c3ccc(Oc4ccccc4)cc3)C2)on1. The van der Waals surface area contributed by atoms with Gasteiger partial charge in [-0.2, -0.15) is 0 Å². The average Bonchev–Trinajstić information content (AvgIpc) is 3.48. The van der Waals surface area contributed by atoms with Crippen molar-refractivity contribution in [3.05, 3.63) is 102 Å². The highest BCUT2D eigenvalue weighted by Crippen LogP contribution is 2.29. The first-order chi connectivity index (χ1) is 17.5. The van der Waals surface area contributed by atoms with E-state index in [0.717, 1.165) is 27.8 Å². The molecule has 2 amide bonds. The van der Waals surface area contributed by atoms with E-state index in [9.17, 15) is 9.59 Å². The van der Waals surface area contributed by atoms with Gasteiger partial charge in [-0.15, -0.1) is 11.8 Å². The third kappa shape index (κ3) is 5.60. The molecule has 1 fully saturated rings. The molecule has 1 N–H and O–H groups in total. The number of anilines is 1. The maximum atomic E-state index is 13.1. The molecule has 182 valence electrons. The van der Waals surface area contributed by atoms with E-state index < -0.39 is 0 Å². The Balaban J connectivity index is 1.20. The Morgan fingerprint density at radius 2 is 1.78 bits per heavy atom. The zero-order valence-electron chi connectivity index (χ0n) is 19.7. The van der Waals surface area contributed by atoms with Crippen LogP contribution in [0.3, 0.4) is 0 Å². The number of carbonyl (C=O) groups is 2. The van der Waals surface area contributed by atoms with Crippen molar-refractivity contribution in [2.45, 2.75) is 30.0 Å². The molecule has 1 aromatic heterocycles. The highest BCUT2D eigenvalue weighted by atomic mass is 32.2. The van der Waals surface area contributed by atoms with Gasteiger partial charge in [-0.1, -0.05) is 35.5 Å². The molecule has 1 saturated heterocycles. The second kappa shape index (κ2) is 10.7. The third-order valence-corrected chi connectivity index (χ3v) is 6.86. The van der Waals surface area contributed by atoms with E-state index in [4.69, 9.17) is 9.26 Å². The monoisotopic (exact) mass is 499 g/mol. The zero-order valence-corrected chi connectivity index (χ0v) is 20.5. The molecule has 2 heterocycles. The lowest BCUT2D eigenvalue weighted by atomic mass is 10.2. The number of amides is 2. The Labute approximate surface area is 213 Å². The smallest absolute Gasteiger partial charge is 0.252 e. The molecule has 1 aliphatic heterocycles. The van der Waals surface area contributed by atoms with Gasteiger partial charge < -0.3 is 19.5 Å². The van der Waals surface area contributed by atoms with Gasteiger partial charge in [0.1, 0.15) is 17.3 Å². The zero-order chi connectivity index (χ0) is 24.9. The van der Waals surface area contributed by atoms with Crippen LogP contribution in [0.1, 0.15) is 28.2 Å². The Morgan fingerprint density at radius 3 is 2.53 bits per heavy atom. The molecule has 0 spiro atoms. The predicted molar refractivity (Wildman–Crippen MR) is 138 cm³/mol. The molecule has 1 unspecified atom stereocenters. The normalized spacial score (nSPS) is 15.2. The molecule has 1 aliphatic rings. The van der Waals surface area contributed by atoms with Crippen molar-refractivity contribution < 1.29 is 18.8 Å². The van der Waals surface area contributed by atoms with Crippen LogP contribution in [-0.4, -0.2) is 29.6 Å². The lowest BCUT2D eigenvalue weighted by molar-refractivity contribution is -0.117. The molecule has 4 aromatic rings. The fourth-order valence-electron chi connectivity index (χ4n) is 4.05. The van der Waals surface area contributed by atoms with E-state index in [2.05, 4.69) is 10.5 Å². The summed E-state index contributed by atoms with van der Waals surface area (Å²) in [6.07, 6.45) is 0.251. The van der Waals surface area contributed by atoms with Crippen LogP contribution in [0, 0.1) is 6.92 Å². The summed E-state index contributed by atoms with van der Waals surface area (Å²) in [5, 5.41) is 6.94. The number of benzene rings is 3. The van der Waals surface area contributed by atoms with Crippen LogP contribution in [-0.2, 0) is 10.5 Å². The third-order valence-electron chi connectivity index (χ3n) is 5.77. The largest absolute Gasteiger partial charge is 0.457 e. The summed E-state index contributed by atoms with van der Waals surface area (Å²) in [5.74, 6) is 2.55. The number of para-hydroxylation sites is 1. The van der Waals surface area contributed by atoms with Gasteiger partial charge in [0.2, 0.25) is 5.91 Å². The average molecular weight is 500 g/mol. The second-order valence-electron chi connectivity index (χ2n) is 8.51. The molecule has 0 saturated carbocycles. The number of ether oxygens (including phenoxy) is 1. The van der Waals surface area contributed by atoms with E-state index >= 15 is 0 Å². The standard InChI is InChI=1S/C28H25N3O4S/c1-19-15-24(35-30-19)18-36-26-10-6-5-9-25(26)28(33)29-20-16-27(32)31(17-20)21-11-13-23(14-12-21)34-22-7-3-2-4-8-22/h2-15,20H,16-18H2,1H3,(H,29,33). The van der Waals surface area contributed by atoms with Crippen LogP contribution < -0.4 is 15.0 Å². The Bertz CT molecular complexity index is 1350. The van der Waals surface area contributed by atoms with Crippen molar-refractivity contribution in [1.29, 1.82) is 0 Å². The van der Waals surface area contributed by atoms with Crippen molar-refractivity contribution in [3.63, 3.8) is 0 Å². The number of aryl methyl sites for hydroxylation is 1. The molecular weight excluding hydrogens is 474 g/mol. The number of nitrogens with one attached hydrogen (secondary N) is 1. The highest BCUT2D eigenvalue weighted by Gasteiger charge is 2.32. The Morgan fingerprint density at radius 1 is 1.06 bits per heavy atom. The number of hydrogen-bond acceptors (Lipinski definition) is 6. The summed E-state index contributed by atoms with van der Waals surface area (Å²) in [4.78, 5) is 28.4. The van der Waals surface area contributed by atoms with E-state index in [1.54, 1.807) is 11.0 Å². The first-order valence-corrected chi connectivity index (χ1v) is 12.6. The second-order valence-corrected chi connectivity index (χ2v) is 9.52. The van der Waals surface area contributed by atoms with Gasteiger partial charge in [-0.05, 0) is 55.5 Å². The molecule has 0 bridgehead atoms. The lowest BCUT2D eigenvalue weighted by Crippen LogP contribution is -2.37. The summed E-state index contributed by atoms with van der Waals surface area (Å²) >= 11 is 1.52. The Kier molecular flexibility index (Phi) is 7.04. The summed E-state index contributed by atoms with van der Waals surface area (Å²) in [7, 11) is 0. The van der Waals surface area contributed by atoms with Gasteiger partial charge in [0.05, 0.1) is 23.1 Å². The molecule has 7 nitrogen and oxygen atoms in total. The van der Waals surface area contributed by atoms with Crippen molar-refractivity contribution >= 4 is 29.3 Å². The van der Waals surface area contributed by atoms with Crippen LogP contribution in [0.5, 0.6) is 11.5 Å². The molecule has 0 radical (unpaired) electrons. The van der Waals surface area contributed by atoms with Gasteiger partial charge in [-0.3, -0.25) is 9.59 Å². The summed E-state index contributed by atoms with van der Waals surface area (Å²) < 4.78 is 11.1. The summed E-state index contributed by atoms with van der Waals surface area (Å²) in [6.45, 7) is 2.29. The molecule has 1 atom stereocenters. The topological polar surface area (TPSA) is 84.7 Å². The Hall–Kier alpha value is -4.04. The van der Waals surface area contributed by atoms with Crippen LogP contribution in [0.2, 0.25) is 0 Å². The summed E-state index contributed by atoms with van der Waals surface area (Å²) in [5.41, 5.74) is 2.17. The number of nitrogens with zero attached hydrogens (tertiary/aromatic N) is 2. The number of thioether (sulfide) groups is 1. The minimum absolute atomic E-state index is 0.0274.